The van der Waals surface area contributed by atoms with E-state index in [1.807, 2.05) is 18.0 Å². The molecule has 2 rings (SSSR count). The number of hydrogen-bond acceptors (Lipinski definition) is 3. The van der Waals surface area contributed by atoms with Gasteiger partial charge in [0.2, 0.25) is 5.91 Å². The number of carbonyl (C=O) groups excluding carboxylic acids is 1. The van der Waals surface area contributed by atoms with Crippen LogP contribution in [0.25, 0.3) is 0 Å². The van der Waals surface area contributed by atoms with Crippen molar-refractivity contribution in [2.24, 2.45) is 5.73 Å². The molecule has 1 aliphatic heterocycles. The van der Waals surface area contributed by atoms with Crippen molar-refractivity contribution >= 4 is 5.91 Å². The first-order valence-electron chi connectivity index (χ1n) is 6.86. The summed E-state index contributed by atoms with van der Waals surface area (Å²) in [5.74, 6) is 0.0339. The Morgan fingerprint density at radius 1 is 1.47 bits per heavy atom. The van der Waals surface area contributed by atoms with Crippen LogP contribution in [0.3, 0.4) is 0 Å². The Morgan fingerprint density at radius 2 is 2.16 bits per heavy atom. The highest BCUT2D eigenvalue weighted by molar-refractivity contribution is 5.81. The molecule has 1 saturated heterocycles. The first kappa shape index (κ1) is 14.0. The average Bonchev–Trinajstić information content (AvgIpc) is 2.86. The highest BCUT2D eigenvalue weighted by Gasteiger charge is 2.29. The van der Waals surface area contributed by atoms with E-state index in [4.69, 9.17) is 5.73 Å². The predicted molar refractivity (Wildman–Crippen MR) is 76.5 cm³/mol. The summed E-state index contributed by atoms with van der Waals surface area (Å²) in [5, 5.41) is 0. The molecule has 19 heavy (non-hydrogen) atoms. The fourth-order valence-corrected chi connectivity index (χ4v) is 2.61. The van der Waals surface area contributed by atoms with Gasteiger partial charge in [0.15, 0.2) is 0 Å². The summed E-state index contributed by atoms with van der Waals surface area (Å²) >= 11 is 0. The number of nitrogens with two attached hydrogens (primary N) is 1. The topological polar surface area (TPSA) is 49.6 Å². The fourth-order valence-electron chi connectivity index (χ4n) is 2.61. The Bertz CT molecular complexity index is 419. The number of hydrogen-bond donors (Lipinski definition) is 1. The van der Waals surface area contributed by atoms with Crippen molar-refractivity contribution in [2.75, 3.05) is 20.1 Å². The highest BCUT2D eigenvalue weighted by Crippen LogP contribution is 2.17. The van der Waals surface area contributed by atoms with Crippen molar-refractivity contribution in [3.05, 3.63) is 35.9 Å². The molecule has 0 aliphatic carbocycles. The van der Waals surface area contributed by atoms with Gasteiger partial charge in [-0.15, -0.1) is 0 Å². The maximum Gasteiger partial charge on any atom is 0.239 e. The number of amides is 1. The van der Waals surface area contributed by atoms with Crippen molar-refractivity contribution in [2.45, 2.75) is 32.0 Å². The summed E-state index contributed by atoms with van der Waals surface area (Å²) in [6.45, 7) is 4.67. The molecular formula is C15H23N3O. The van der Waals surface area contributed by atoms with Crippen molar-refractivity contribution < 1.29 is 4.79 Å². The molecule has 0 bridgehead atoms. The maximum absolute atomic E-state index is 11.9. The van der Waals surface area contributed by atoms with Gasteiger partial charge in [0.1, 0.15) is 0 Å². The smallest absolute Gasteiger partial charge is 0.239 e. The van der Waals surface area contributed by atoms with Gasteiger partial charge in [-0.3, -0.25) is 9.69 Å². The molecule has 1 amide bonds. The molecule has 0 spiro atoms. The second-order valence-electron chi connectivity index (χ2n) is 5.40. The third-order valence-corrected chi connectivity index (χ3v) is 3.78. The lowest BCUT2D eigenvalue weighted by atomic mass is 10.2. The van der Waals surface area contributed by atoms with E-state index in [1.165, 1.54) is 5.56 Å². The number of nitrogens with zero attached hydrogens (tertiary/aromatic N) is 2. The third kappa shape index (κ3) is 3.55. The van der Waals surface area contributed by atoms with Crippen molar-refractivity contribution in [1.29, 1.82) is 0 Å². The zero-order valence-electron chi connectivity index (χ0n) is 11.7. The van der Waals surface area contributed by atoms with E-state index in [-0.39, 0.29) is 5.91 Å². The fraction of sp³-hybridized carbons (Fsp3) is 0.533. The van der Waals surface area contributed by atoms with Gasteiger partial charge in [0.05, 0.1) is 6.04 Å². The minimum Gasteiger partial charge on any atom is -0.340 e. The largest absolute Gasteiger partial charge is 0.340 e. The monoisotopic (exact) mass is 261 g/mol. The van der Waals surface area contributed by atoms with Crippen LogP contribution in [0.5, 0.6) is 0 Å². The molecule has 1 heterocycles. The minimum atomic E-state index is -0.409. The highest BCUT2D eigenvalue weighted by atomic mass is 16.2. The molecule has 2 N–H and O–H groups in total. The summed E-state index contributed by atoms with van der Waals surface area (Å²) < 4.78 is 0. The van der Waals surface area contributed by atoms with Crippen LogP contribution >= 0.6 is 0 Å². The third-order valence-electron chi connectivity index (χ3n) is 3.78. The zero-order chi connectivity index (χ0) is 13.8. The van der Waals surface area contributed by atoms with Crippen LogP contribution in [0, 0.1) is 0 Å². The van der Waals surface area contributed by atoms with E-state index in [0.29, 0.717) is 6.04 Å². The molecule has 4 nitrogen and oxygen atoms in total. The Labute approximate surface area is 115 Å². The molecule has 104 valence electrons. The van der Waals surface area contributed by atoms with Crippen LogP contribution < -0.4 is 5.73 Å². The first-order chi connectivity index (χ1) is 9.08. The molecule has 1 aliphatic rings. The van der Waals surface area contributed by atoms with Gasteiger partial charge in [-0.2, -0.15) is 0 Å². The Kier molecular flexibility index (Phi) is 4.56. The van der Waals surface area contributed by atoms with E-state index in [1.54, 1.807) is 6.92 Å². The van der Waals surface area contributed by atoms with Gasteiger partial charge in [-0.1, -0.05) is 30.3 Å². The lowest BCUT2D eigenvalue weighted by Gasteiger charge is -2.26. The number of likely N-dealkylation sites (N-methyl/N-ethyl adjacent to an activating group) is 1. The van der Waals surface area contributed by atoms with Crippen molar-refractivity contribution in [3.8, 4) is 0 Å². The Hall–Kier alpha value is -1.39. The Balaban J connectivity index is 1.88. The molecular weight excluding hydrogens is 238 g/mol. The number of carbonyl (C=O) groups is 1. The van der Waals surface area contributed by atoms with E-state index < -0.39 is 6.04 Å². The van der Waals surface area contributed by atoms with Gasteiger partial charge in [-0.05, 0) is 18.9 Å². The number of benzene rings is 1. The van der Waals surface area contributed by atoms with Gasteiger partial charge in [0.25, 0.3) is 0 Å². The van der Waals surface area contributed by atoms with E-state index in [9.17, 15) is 4.79 Å². The maximum atomic E-state index is 11.9. The van der Waals surface area contributed by atoms with Gasteiger partial charge in [-0.25, -0.2) is 0 Å². The molecule has 0 radical (unpaired) electrons. The molecule has 2 atom stereocenters. The molecule has 0 aromatic heterocycles. The predicted octanol–water partition coefficient (Wildman–Crippen LogP) is 1.07. The molecule has 0 saturated carbocycles. The summed E-state index contributed by atoms with van der Waals surface area (Å²) in [6, 6.07) is 10.3. The molecule has 0 unspecified atom stereocenters. The van der Waals surface area contributed by atoms with Crippen LogP contribution in [0.4, 0.5) is 0 Å². The normalized spacial score (nSPS) is 21.3. The number of rotatable bonds is 4. The van der Waals surface area contributed by atoms with Crippen LogP contribution in [0.15, 0.2) is 30.3 Å². The molecule has 1 fully saturated rings. The lowest BCUT2D eigenvalue weighted by molar-refractivity contribution is -0.132. The average molecular weight is 261 g/mol. The quantitative estimate of drug-likeness (QED) is 0.882. The van der Waals surface area contributed by atoms with Crippen LogP contribution in [0.2, 0.25) is 0 Å². The minimum absolute atomic E-state index is 0.0339. The van der Waals surface area contributed by atoms with Crippen LogP contribution in [0.1, 0.15) is 18.9 Å². The summed E-state index contributed by atoms with van der Waals surface area (Å²) in [6.07, 6.45) is 1.03. The standard InChI is InChI=1S/C15H23N3O/c1-12(16)15(19)17(2)14-8-9-18(11-14)10-13-6-4-3-5-7-13/h3-7,12,14H,8-11,16H2,1-2H3/t12-,14-/m0/s1. The van der Waals surface area contributed by atoms with Crippen LogP contribution in [-0.4, -0.2) is 47.9 Å². The summed E-state index contributed by atoms with van der Waals surface area (Å²) in [5.41, 5.74) is 6.98. The van der Waals surface area contributed by atoms with E-state index in [0.717, 1.165) is 26.1 Å². The lowest BCUT2D eigenvalue weighted by Crippen LogP contribution is -2.46. The SMILES string of the molecule is C[C@H](N)C(=O)N(C)[C@H]1CCN(Cc2ccccc2)C1. The van der Waals surface area contributed by atoms with Gasteiger partial charge >= 0.3 is 0 Å². The van der Waals surface area contributed by atoms with Gasteiger partial charge in [0, 0.05) is 32.7 Å². The molecule has 1 aromatic carbocycles. The molecule has 4 heteroatoms. The van der Waals surface area contributed by atoms with E-state index >= 15 is 0 Å². The zero-order valence-corrected chi connectivity index (χ0v) is 11.7. The Morgan fingerprint density at radius 3 is 2.79 bits per heavy atom. The second kappa shape index (κ2) is 6.17. The van der Waals surface area contributed by atoms with Gasteiger partial charge < -0.3 is 10.6 Å². The van der Waals surface area contributed by atoms with Crippen molar-refractivity contribution in [1.82, 2.24) is 9.80 Å². The number of likely N-dealkylation sites (tertiary alicyclic amines) is 1. The summed E-state index contributed by atoms with van der Waals surface area (Å²) in [4.78, 5) is 16.1. The second-order valence-corrected chi connectivity index (χ2v) is 5.40. The summed E-state index contributed by atoms with van der Waals surface area (Å²) in [7, 11) is 1.86. The van der Waals surface area contributed by atoms with E-state index in [2.05, 4.69) is 29.2 Å². The first-order valence-corrected chi connectivity index (χ1v) is 6.86. The molecule has 1 aromatic rings. The van der Waals surface area contributed by atoms with Crippen molar-refractivity contribution in [3.63, 3.8) is 0 Å². The van der Waals surface area contributed by atoms with Crippen LogP contribution in [-0.2, 0) is 11.3 Å².